The number of para-hydroxylation sites is 1. The first-order valence-corrected chi connectivity index (χ1v) is 9.10. The highest BCUT2D eigenvalue weighted by atomic mass is 32.2. The average molecular weight is 329 g/mol. The van der Waals surface area contributed by atoms with E-state index in [0.717, 1.165) is 5.56 Å². The van der Waals surface area contributed by atoms with Crippen molar-refractivity contribution in [2.75, 3.05) is 24.7 Å². The molecule has 0 unspecified atom stereocenters. The van der Waals surface area contributed by atoms with Gasteiger partial charge in [0.25, 0.3) is 5.91 Å². The van der Waals surface area contributed by atoms with Crippen molar-refractivity contribution in [2.45, 2.75) is 6.04 Å². The number of carbonyl (C=O) groups excluding carboxylic acids is 1. The van der Waals surface area contributed by atoms with Gasteiger partial charge < -0.3 is 9.64 Å². The van der Waals surface area contributed by atoms with Crippen LogP contribution in [0.15, 0.2) is 60.7 Å². The zero-order chi connectivity index (χ0) is 16.1. The summed E-state index contributed by atoms with van der Waals surface area (Å²) in [5, 5.41) is 0. The quantitative estimate of drug-likeness (QED) is 0.865. The van der Waals surface area contributed by atoms with Crippen LogP contribution in [0.5, 0.6) is 5.75 Å². The maximum absolute atomic E-state index is 12.6. The van der Waals surface area contributed by atoms with Gasteiger partial charge in [-0.05, 0) is 17.7 Å². The Morgan fingerprint density at radius 2 is 1.74 bits per heavy atom. The van der Waals surface area contributed by atoms with Crippen LogP contribution < -0.4 is 4.74 Å². The van der Waals surface area contributed by atoms with Gasteiger partial charge in [0.2, 0.25) is 0 Å². The molecule has 0 saturated carbocycles. The lowest BCUT2D eigenvalue weighted by Gasteiger charge is -2.35. The Kier molecular flexibility index (Phi) is 5.08. The van der Waals surface area contributed by atoms with Crippen molar-refractivity contribution in [2.24, 2.45) is 0 Å². The first-order valence-electron chi connectivity index (χ1n) is 7.61. The normalized spacial score (nSPS) is 21.0. The lowest BCUT2D eigenvalue weighted by atomic mass is 10.1. The van der Waals surface area contributed by atoms with E-state index in [1.54, 1.807) is 4.90 Å². The van der Waals surface area contributed by atoms with Crippen LogP contribution >= 0.6 is 0 Å². The van der Waals surface area contributed by atoms with Crippen LogP contribution in [0.4, 0.5) is 0 Å². The minimum absolute atomic E-state index is 0.0000180. The summed E-state index contributed by atoms with van der Waals surface area (Å²) in [4.78, 5) is 14.4. The molecule has 0 spiro atoms. The fourth-order valence-corrected chi connectivity index (χ4v) is 3.99. The zero-order valence-electron chi connectivity index (χ0n) is 12.8. The maximum Gasteiger partial charge on any atom is 0.261 e. The minimum atomic E-state index is -0.883. The molecule has 1 heterocycles. The summed E-state index contributed by atoms with van der Waals surface area (Å²) in [5.74, 6) is 1.62. The number of ether oxygens (including phenoxy) is 1. The van der Waals surface area contributed by atoms with E-state index in [1.807, 2.05) is 60.7 Å². The van der Waals surface area contributed by atoms with E-state index in [2.05, 4.69) is 0 Å². The van der Waals surface area contributed by atoms with Crippen LogP contribution in [-0.4, -0.2) is 39.7 Å². The number of rotatable bonds is 4. The minimum Gasteiger partial charge on any atom is -0.484 e. The average Bonchev–Trinajstić information content (AvgIpc) is 2.61. The van der Waals surface area contributed by atoms with Crippen molar-refractivity contribution in [1.82, 2.24) is 4.90 Å². The van der Waals surface area contributed by atoms with Gasteiger partial charge in [0.15, 0.2) is 6.61 Å². The van der Waals surface area contributed by atoms with E-state index in [-0.39, 0.29) is 18.6 Å². The van der Waals surface area contributed by atoms with Gasteiger partial charge in [0.1, 0.15) is 5.75 Å². The molecule has 23 heavy (non-hydrogen) atoms. The first-order chi connectivity index (χ1) is 11.2. The van der Waals surface area contributed by atoms with Gasteiger partial charge in [0.05, 0.1) is 6.04 Å². The molecule has 120 valence electrons. The summed E-state index contributed by atoms with van der Waals surface area (Å²) in [6.07, 6.45) is 0. The Balaban J connectivity index is 1.70. The van der Waals surface area contributed by atoms with Gasteiger partial charge in [-0.1, -0.05) is 48.5 Å². The number of carbonyl (C=O) groups is 1. The highest BCUT2D eigenvalue weighted by molar-refractivity contribution is 7.85. The Labute approximate surface area is 138 Å². The van der Waals surface area contributed by atoms with Crippen molar-refractivity contribution < 1.29 is 13.7 Å². The fraction of sp³-hybridized carbons (Fsp3) is 0.278. The Bertz CT molecular complexity index is 675. The zero-order valence-corrected chi connectivity index (χ0v) is 13.6. The van der Waals surface area contributed by atoms with Gasteiger partial charge in [-0.25, -0.2) is 0 Å². The van der Waals surface area contributed by atoms with Crippen molar-refractivity contribution in [3.05, 3.63) is 66.2 Å². The molecular formula is C18H19NO3S. The van der Waals surface area contributed by atoms with Crippen molar-refractivity contribution in [3.63, 3.8) is 0 Å². The van der Waals surface area contributed by atoms with E-state index in [0.29, 0.717) is 23.8 Å². The SMILES string of the molecule is O=C(COc1ccccc1)N1CC[S@](=O)C[C@H]1c1ccccc1. The molecule has 1 aliphatic rings. The summed E-state index contributed by atoms with van der Waals surface area (Å²) in [6, 6.07) is 18.9. The summed E-state index contributed by atoms with van der Waals surface area (Å²) in [7, 11) is -0.883. The summed E-state index contributed by atoms with van der Waals surface area (Å²) >= 11 is 0. The number of benzene rings is 2. The molecule has 0 aromatic heterocycles. The second-order valence-electron chi connectivity index (χ2n) is 5.43. The van der Waals surface area contributed by atoms with Crippen molar-refractivity contribution >= 4 is 16.7 Å². The van der Waals surface area contributed by atoms with Crippen molar-refractivity contribution in [1.29, 1.82) is 0 Å². The molecule has 2 aromatic rings. The van der Waals surface area contributed by atoms with Gasteiger partial charge >= 0.3 is 0 Å². The lowest BCUT2D eigenvalue weighted by molar-refractivity contribution is -0.135. The van der Waals surface area contributed by atoms with Crippen LogP contribution in [0.1, 0.15) is 11.6 Å². The number of hydrogen-bond donors (Lipinski definition) is 0. The predicted molar refractivity (Wildman–Crippen MR) is 90.7 cm³/mol. The summed E-state index contributed by atoms with van der Waals surface area (Å²) < 4.78 is 17.5. The maximum atomic E-state index is 12.6. The Hall–Kier alpha value is -2.14. The molecule has 0 N–H and O–H groups in total. The number of amides is 1. The summed E-state index contributed by atoms with van der Waals surface area (Å²) in [5.41, 5.74) is 1.02. The first kappa shape index (κ1) is 15.7. The van der Waals surface area contributed by atoms with E-state index < -0.39 is 10.8 Å². The van der Waals surface area contributed by atoms with Crippen LogP contribution in [0.25, 0.3) is 0 Å². The molecule has 1 aliphatic heterocycles. The largest absolute Gasteiger partial charge is 0.484 e. The van der Waals surface area contributed by atoms with Crippen LogP contribution in [0.2, 0.25) is 0 Å². The molecule has 0 aliphatic carbocycles. The third-order valence-electron chi connectivity index (χ3n) is 3.89. The second kappa shape index (κ2) is 7.42. The third kappa shape index (κ3) is 3.99. The highest BCUT2D eigenvalue weighted by Gasteiger charge is 2.31. The van der Waals surface area contributed by atoms with E-state index in [1.165, 1.54) is 0 Å². The molecule has 1 fully saturated rings. The molecule has 4 nitrogen and oxygen atoms in total. The molecule has 3 rings (SSSR count). The van der Waals surface area contributed by atoms with Crippen LogP contribution in [0, 0.1) is 0 Å². The molecule has 1 saturated heterocycles. The van der Waals surface area contributed by atoms with Crippen molar-refractivity contribution in [3.8, 4) is 5.75 Å². The smallest absolute Gasteiger partial charge is 0.261 e. The topological polar surface area (TPSA) is 46.6 Å². The molecule has 5 heteroatoms. The lowest BCUT2D eigenvalue weighted by Crippen LogP contribution is -2.46. The van der Waals surface area contributed by atoms with Crippen LogP contribution in [0.3, 0.4) is 0 Å². The summed E-state index contributed by atoms with van der Waals surface area (Å²) in [6.45, 7) is 0.503. The molecular weight excluding hydrogens is 310 g/mol. The van der Waals surface area contributed by atoms with E-state index in [4.69, 9.17) is 4.74 Å². The standard InChI is InChI=1S/C18H19NO3S/c20-18(13-22-16-9-5-2-6-10-16)19-11-12-23(21)14-17(19)15-7-3-1-4-8-15/h1-10,17H,11-14H2/t17-,23-/m0/s1. The molecule has 2 atom stereocenters. The molecule has 0 bridgehead atoms. The fourth-order valence-electron chi connectivity index (χ4n) is 2.70. The highest BCUT2D eigenvalue weighted by Crippen LogP contribution is 2.25. The number of nitrogens with zero attached hydrogens (tertiary/aromatic N) is 1. The van der Waals surface area contributed by atoms with Gasteiger partial charge in [-0.15, -0.1) is 0 Å². The van der Waals surface area contributed by atoms with Gasteiger partial charge in [0, 0.05) is 28.9 Å². The predicted octanol–water partition coefficient (Wildman–Crippen LogP) is 2.40. The van der Waals surface area contributed by atoms with E-state index >= 15 is 0 Å². The Morgan fingerprint density at radius 1 is 1.09 bits per heavy atom. The number of hydrogen-bond acceptors (Lipinski definition) is 3. The molecule has 0 radical (unpaired) electrons. The van der Waals surface area contributed by atoms with Crippen LogP contribution in [-0.2, 0) is 15.6 Å². The monoisotopic (exact) mass is 329 g/mol. The third-order valence-corrected chi connectivity index (χ3v) is 5.22. The van der Waals surface area contributed by atoms with Gasteiger partial charge in [-0.2, -0.15) is 0 Å². The second-order valence-corrected chi connectivity index (χ2v) is 7.05. The molecule has 1 amide bonds. The molecule has 2 aromatic carbocycles. The van der Waals surface area contributed by atoms with E-state index in [9.17, 15) is 9.00 Å². The Morgan fingerprint density at radius 3 is 2.43 bits per heavy atom. The van der Waals surface area contributed by atoms with Gasteiger partial charge in [-0.3, -0.25) is 9.00 Å².